The summed E-state index contributed by atoms with van der Waals surface area (Å²) in [5.74, 6) is -2.25. The summed E-state index contributed by atoms with van der Waals surface area (Å²) in [6.45, 7) is 1.81. The van der Waals surface area contributed by atoms with Gasteiger partial charge in [0.1, 0.15) is 11.6 Å². The lowest BCUT2D eigenvalue weighted by Gasteiger charge is -2.02. The molecule has 0 saturated carbocycles. The number of hydrogen-bond acceptors (Lipinski definition) is 3. The molecule has 0 saturated heterocycles. The van der Waals surface area contributed by atoms with Gasteiger partial charge in [-0.1, -0.05) is 6.07 Å². The van der Waals surface area contributed by atoms with Crippen molar-refractivity contribution >= 4 is 17.1 Å². The Hall–Kier alpha value is -1.62. The molecule has 0 atom stereocenters. The van der Waals surface area contributed by atoms with Crippen LogP contribution in [-0.4, -0.2) is 10.8 Å². The molecule has 0 radical (unpaired) electrons. The van der Waals surface area contributed by atoms with Gasteiger partial charge in [-0.2, -0.15) is 0 Å². The predicted octanol–water partition coefficient (Wildman–Crippen LogP) is 3.16. The predicted molar refractivity (Wildman–Crippen MR) is 61.2 cm³/mol. The van der Waals surface area contributed by atoms with Gasteiger partial charge >= 0.3 is 0 Å². The summed E-state index contributed by atoms with van der Waals surface area (Å²) in [5.41, 5.74) is 0.0540. The van der Waals surface area contributed by atoms with E-state index >= 15 is 0 Å². The molecule has 88 valence electrons. The van der Waals surface area contributed by atoms with Gasteiger partial charge in [0.15, 0.2) is 5.78 Å². The first-order chi connectivity index (χ1) is 8.08. The monoisotopic (exact) mass is 253 g/mol. The van der Waals surface area contributed by atoms with Crippen molar-refractivity contribution in [2.75, 3.05) is 0 Å². The summed E-state index contributed by atoms with van der Waals surface area (Å²) in [5, 5.41) is 2.54. The van der Waals surface area contributed by atoms with Crippen molar-refractivity contribution in [3.05, 3.63) is 51.5 Å². The smallest absolute Gasteiger partial charge is 0.174 e. The second-order valence-electron chi connectivity index (χ2n) is 3.55. The maximum atomic E-state index is 13.3. The highest BCUT2D eigenvalue weighted by Crippen LogP contribution is 2.16. The van der Waals surface area contributed by atoms with Crippen LogP contribution in [0, 0.1) is 18.6 Å². The fourth-order valence-electron chi connectivity index (χ4n) is 1.51. The van der Waals surface area contributed by atoms with Crippen LogP contribution >= 0.6 is 11.3 Å². The Morgan fingerprint density at radius 2 is 2.00 bits per heavy atom. The molecule has 2 nitrogen and oxygen atoms in total. The Morgan fingerprint density at radius 3 is 2.53 bits per heavy atom. The molecule has 1 aromatic carbocycles. The lowest BCUT2D eigenvalue weighted by atomic mass is 10.1. The van der Waals surface area contributed by atoms with E-state index in [1.54, 1.807) is 5.38 Å². The first kappa shape index (κ1) is 11.9. The van der Waals surface area contributed by atoms with Gasteiger partial charge < -0.3 is 0 Å². The molecule has 1 aromatic heterocycles. The summed E-state index contributed by atoms with van der Waals surface area (Å²) >= 11 is 1.40. The third-order valence-electron chi connectivity index (χ3n) is 2.25. The number of rotatable bonds is 3. The fourth-order valence-corrected chi connectivity index (χ4v) is 2.12. The molecular weight excluding hydrogens is 244 g/mol. The molecule has 0 bridgehead atoms. The van der Waals surface area contributed by atoms with Crippen molar-refractivity contribution in [1.29, 1.82) is 0 Å². The van der Waals surface area contributed by atoms with Crippen LogP contribution in [0.4, 0.5) is 8.78 Å². The Labute approximate surface area is 101 Å². The minimum atomic E-state index is -0.832. The van der Waals surface area contributed by atoms with Crippen molar-refractivity contribution in [3.63, 3.8) is 0 Å². The van der Waals surface area contributed by atoms with Crippen LogP contribution in [0.3, 0.4) is 0 Å². The van der Waals surface area contributed by atoms with Gasteiger partial charge in [0.25, 0.3) is 0 Å². The molecule has 0 fully saturated rings. The summed E-state index contributed by atoms with van der Waals surface area (Å²) in [6.07, 6.45) is -0.0812. The third-order valence-corrected chi connectivity index (χ3v) is 3.07. The number of carbonyl (C=O) groups is 1. The van der Waals surface area contributed by atoms with Gasteiger partial charge in [-0.25, -0.2) is 13.8 Å². The Morgan fingerprint density at radius 1 is 1.35 bits per heavy atom. The maximum absolute atomic E-state index is 13.3. The van der Waals surface area contributed by atoms with Crippen molar-refractivity contribution in [2.24, 2.45) is 0 Å². The molecule has 0 N–H and O–H groups in total. The van der Waals surface area contributed by atoms with Crippen LogP contribution in [0.1, 0.15) is 21.1 Å². The SMILES string of the molecule is Cc1nc(CC(=O)c2c(F)cccc2F)cs1. The van der Waals surface area contributed by atoms with Gasteiger partial charge in [-0.05, 0) is 19.1 Å². The minimum absolute atomic E-state index is 0.0812. The zero-order valence-electron chi connectivity index (χ0n) is 9.04. The van der Waals surface area contributed by atoms with Crippen LogP contribution in [0.25, 0.3) is 0 Å². The largest absolute Gasteiger partial charge is 0.294 e. The number of thiazole rings is 1. The normalized spacial score (nSPS) is 10.5. The molecule has 5 heteroatoms. The van der Waals surface area contributed by atoms with Crippen molar-refractivity contribution in [1.82, 2.24) is 4.98 Å². The number of nitrogens with zero attached hydrogens (tertiary/aromatic N) is 1. The third kappa shape index (κ3) is 2.55. The fraction of sp³-hybridized carbons (Fsp3) is 0.167. The Bertz CT molecular complexity index is 545. The molecule has 0 aliphatic heterocycles. The molecule has 0 aliphatic carbocycles. The molecule has 2 rings (SSSR count). The second kappa shape index (κ2) is 4.71. The highest BCUT2D eigenvalue weighted by molar-refractivity contribution is 7.09. The van der Waals surface area contributed by atoms with E-state index in [1.165, 1.54) is 17.4 Å². The van der Waals surface area contributed by atoms with E-state index in [2.05, 4.69) is 4.98 Å². The lowest BCUT2D eigenvalue weighted by molar-refractivity contribution is 0.0984. The van der Waals surface area contributed by atoms with E-state index in [4.69, 9.17) is 0 Å². The topological polar surface area (TPSA) is 30.0 Å². The highest BCUT2D eigenvalue weighted by Gasteiger charge is 2.18. The van der Waals surface area contributed by atoms with Crippen LogP contribution in [-0.2, 0) is 6.42 Å². The minimum Gasteiger partial charge on any atom is -0.294 e. The zero-order valence-corrected chi connectivity index (χ0v) is 9.85. The van der Waals surface area contributed by atoms with Crippen LogP contribution in [0.15, 0.2) is 23.6 Å². The van der Waals surface area contributed by atoms with E-state index < -0.39 is 23.0 Å². The second-order valence-corrected chi connectivity index (χ2v) is 4.62. The van der Waals surface area contributed by atoms with E-state index in [0.717, 1.165) is 17.1 Å². The van der Waals surface area contributed by atoms with Crippen molar-refractivity contribution in [3.8, 4) is 0 Å². The number of halogens is 2. The number of hydrogen-bond donors (Lipinski definition) is 0. The van der Waals surface area contributed by atoms with Gasteiger partial charge in [-0.3, -0.25) is 4.79 Å². The number of aromatic nitrogens is 1. The van der Waals surface area contributed by atoms with E-state index in [0.29, 0.717) is 5.69 Å². The van der Waals surface area contributed by atoms with Gasteiger partial charge in [0.2, 0.25) is 0 Å². The maximum Gasteiger partial charge on any atom is 0.174 e. The number of Topliss-reactive ketones (excluding diaryl/α,β-unsaturated/α-hetero) is 1. The van der Waals surface area contributed by atoms with E-state index in [-0.39, 0.29) is 6.42 Å². The van der Waals surface area contributed by atoms with E-state index in [9.17, 15) is 13.6 Å². The molecule has 2 aromatic rings. The standard InChI is InChI=1S/C12H9F2NOS/c1-7-15-8(6-17-7)5-11(16)12-9(13)3-2-4-10(12)14/h2-4,6H,5H2,1H3. The van der Waals surface area contributed by atoms with Gasteiger partial charge in [0, 0.05) is 5.38 Å². The summed E-state index contributed by atoms with van der Waals surface area (Å²) < 4.78 is 26.7. The Balaban J connectivity index is 2.26. The molecule has 0 spiro atoms. The van der Waals surface area contributed by atoms with Crippen LogP contribution in [0.5, 0.6) is 0 Å². The molecule has 1 heterocycles. The number of carbonyl (C=O) groups excluding carboxylic acids is 1. The summed E-state index contributed by atoms with van der Waals surface area (Å²) in [7, 11) is 0. The molecule has 0 unspecified atom stereocenters. The molecular formula is C12H9F2NOS. The molecule has 0 aliphatic rings. The Kier molecular flexibility index (Phi) is 3.28. The number of ketones is 1. The first-order valence-corrected chi connectivity index (χ1v) is 5.84. The highest BCUT2D eigenvalue weighted by atomic mass is 32.1. The molecule has 0 amide bonds. The molecule has 17 heavy (non-hydrogen) atoms. The lowest BCUT2D eigenvalue weighted by Crippen LogP contribution is -2.09. The number of benzene rings is 1. The average molecular weight is 253 g/mol. The first-order valence-electron chi connectivity index (χ1n) is 4.96. The number of aryl methyl sites for hydroxylation is 1. The average Bonchev–Trinajstić information content (AvgIpc) is 2.63. The van der Waals surface area contributed by atoms with Gasteiger partial charge in [0.05, 0.1) is 22.7 Å². The van der Waals surface area contributed by atoms with Gasteiger partial charge in [-0.15, -0.1) is 11.3 Å². The van der Waals surface area contributed by atoms with Crippen molar-refractivity contribution in [2.45, 2.75) is 13.3 Å². The van der Waals surface area contributed by atoms with Crippen molar-refractivity contribution < 1.29 is 13.6 Å². The zero-order chi connectivity index (χ0) is 12.4. The summed E-state index contributed by atoms with van der Waals surface area (Å²) in [4.78, 5) is 15.8. The quantitative estimate of drug-likeness (QED) is 0.786. The summed E-state index contributed by atoms with van der Waals surface area (Å²) in [6, 6.07) is 3.37. The van der Waals surface area contributed by atoms with Crippen LogP contribution < -0.4 is 0 Å². The van der Waals surface area contributed by atoms with Crippen LogP contribution in [0.2, 0.25) is 0 Å². The van der Waals surface area contributed by atoms with E-state index in [1.807, 2.05) is 6.92 Å².